The average molecular weight is 347 g/mol. The van der Waals surface area contributed by atoms with E-state index < -0.39 is 5.91 Å². The fraction of sp³-hybridized carbons (Fsp3) is 0.471. The number of thiophene rings is 1. The maximum absolute atomic E-state index is 12.8. The number of aromatic nitrogens is 1. The Kier molecular flexibility index (Phi) is 4.71. The van der Waals surface area contributed by atoms with Gasteiger partial charge in [0.15, 0.2) is 5.69 Å². The van der Waals surface area contributed by atoms with Crippen LogP contribution >= 0.6 is 11.3 Å². The van der Waals surface area contributed by atoms with Crippen LogP contribution in [-0.2, 0) is 6.42 Å². The molecular formula is C17H21N3O3S. The first-order chi connectivity index (χ1) is 11.5. The van der Waals surface area contributed by atoms with Gasteiger partial charge in [0, 0.05) is 23.9 Å². The number of hydrogen-bond acceptors (Lipinski definition) is 5. The summed E-state index contributed by atoms with van der Waals surface area (Å²) in [4.78, 5) is 27.4. The number of likely N-dealkylation sites (tertiary alicyclic amines) is 1. The Morgan fingerprint density at radius 1 is 1.46 bits per heavy atom. The van der Waals surface area contributed by atoms with Crippen molar-refractivity contribution in [3.63, 3.8) is 0 Å². The molecule has 1 aliphatic rings. The van der Waals surface area contributed by atoms with E-state index in [1.54, 1.807) is 12.1 Å². The van der Waals surface area contributed by atoms with E-state index in [0.29, 0.717) is 23.0 Å². The van der Waals surface area contributed by atoms with Crippen LogP contribution in [0.3, 0.4) is 0 Å². The number of carbonyl (C=O) groups is 2. The van der Waals surface area contributed by atoms with Crippen molar-refractivity contribution in [3.05, 3.63) is 39.4 Å². The molecule has 0 aliphatic carbocycles. The Morgan fingerprint density at radius 3 is 2.92 bits per heavy atom. The fourth-order valence-electron chi connectivity index (χ4n) is 3.03. The summed E-state index contributed by atoms with van der Waals surface area (Å²) in [6.07, 6.45) is 2.56. The molecule has 0 radical (unpaired) electrons. The van der Waals surface area contributed by atoms with Gasteiger partial charge in [-0.05, 0) is 30.9 Å². The van der Waals surface area contributed by atoms with Gasteiger partial charge < -0.3 is 15.2 Å². The molecular weight excluding hydrogens is 326 g/mol. The molecule has 2 aromatic heterocycles. The van der Waals surface area contributed by atoms with E-state index in [9.17, 15) is 9.59 Å². The number of primary amides is 1. The highest BCUT2D eigenvalue weighted by Gasteiger charge is 2.33. The van der Waals surface area contributed by atoms with Crippen LogP contribution < -0.4 is 5.73 Å². The number of amides is 2. The van der Waals surface area contributed by atoms with E-state index in [2.05, 4.69) is 19.0 Å². The first-order valence-corrected chi connectivity index (χ1v) is 8.93. The SMILES string of the molecule is CC(C)Cc1cc(C(=O)N2CCCC2c2ccc(C(N)=O)s2)no1. The second-order valence-electron chi connectivity index (χ2n) is 6.50. The van der Waals surface area contributed by atoms with E-state index in [1.165, 1.54) is 11.3 Å². The minimum Gasteiger partial charge on any atom is -0.365 e. The molecule has 1 atom stereocenters. The summed E-state index contributed by atoms with van der Waals surface area (Å²) in [6.45, 7) is 4.86. The van der Waals surface area contributed by atoms with Crippen LogP contribution in [0.1, 0.15) is 63.5 Å². The number of hydrogen-bond donors (Lipinski definition) is 1. The van der Waals surface area contributed by atoms with Crippen molar-refractivity contribution in [1.29, 1.82) is 0 Å². The average Bonchev–Trinajstić information content (AvgIpc) is 3.25. The van der Waals surface area contributed by atoms with Crippen molar-refractivity contribution in [1.82, 2.24) is 10.1 Å². The quantitative estimate of drug-likeness (QED) is 0.900. The molecule has 24 heavy (non-hydrogen) atoms. The van der Waals surface area contributed by atoms with Crippen molar-refractivity contribution in [2.45, 2.75) is 39.2 Å². The summed E-state index contributed by atoms with van der Waals surface area (Å²) in [5, 5.41) is 3.94. The van der Waals surface area contributed by atoms with Crippen LogP contribution in [0.25, 0.3) is 0 Å². The Hall–Kier alpha value is -2.15. The predicted octanol–water partition coefficient (Wildman–Crippen LogP) is 3.01. The van der Waals surface area contributed by atoms with Gasteiger partial charge in [0.1, 0.15) is 5.76 Å². The van der Waals surface area contributed by atoms with Gasteiger partial charge in [-0.3, -0.25) is 9.59 Å². The Labute approximate surface area is 144 Å². The van der Waals surface area contributed by atoms with Crippen molar-refractivity contribution in [3.8, 4) is 0 Å². The van der Waals surface area contributed by atoms with Gasteiger partial charge in [-0.15, -0.1) is 11.3 Å². The molecule has 2 amide bonds. The van der Waals surface area contributed by atoms with E-state index >= 15 is 0 Å². The molecule has 7 heteroatoms. The topological polar surface area (TPSA) is 89.4 Å². The lowest BCUT2D eigenvalue weighted by molar-refractivity contribution is 0.0727. The van der Waals surface area contributed by atoms with Crippen molar-refractivity contribution in [2.24, 2.45) is 11.7 Å². The summed E-state index contributed by atoms with van der Waals surface area (Å²) in [7, 11) is 0. The first-order valence-electron chi connectivity index (χ1n) is 8.11. The highest BCUT2D eigenvalue weighted by Crippen LogP contribution is 2.36. The minimum absolute atomic E-state index is 0.0270. The van der Waals surface area contributed by atoms with Crippen molar-refractivity contribution >= 4 is 23.2 Å². The molecule has 0 spiro atoms. The van der Waals surface area contributed by atoms with Crippen molar-refractivity contribution < 1.29 is 14.1 Å². The zero-order chi connectivity index (χ0) is 17.3. The maximum atomic E-state index is 12.8. The summed E-state index contributed by atoms with van der Waals surface area (Å²) >= 11 is 1.36. The molecule has 128 valence electrons. The summed E-state index contributed by atoms with van der Waals surface area (Å²) in [6, 6.07) is 5.32. The lowest BCUT2D eigenvalue weighted by atomic mass is 10.1. The molecule has 0 saturated carbocycles. The minimum atomic E-state index is -0.433. The summed E-state index contributed by atoms with van der Waals surface area (Å²) < 4.78 is 5.28. The Balaban J connectivity index is 1.78. The summed E-state index contributed by atoms with van der Waals surface area (Å²) in [5.74, 6) is 0.622. The van der Waals surface area contributed by atoms with Crippen LogP contribution in [0.5, 0.6) is 0 Å². The summed E-state index contributed by atoms with van der Waals surface area (Å²) in [5.41, 5.74) is 5.67. The molecule has 6 nitrogen and oxygen atoms in total. The second kappa shape index (κ2) is 6.76. The zero-order valence-corrected chi connectivity index (χ0v) is 14.6. The predicted molar refractivity (Wildman–Crippen MR) is 90.9 cm³/mol. The van der Waals surface area contributed by atoms with Gasteiger partial charge >= 0.3 is 0 Å². The maximum Gasteiger partial charge on any atom is 0.276 e. The molecule has 1 aliphatic heterocycles. The standard InChI is InChI=1S/C17H21N3O3S/c1-10(2)8-11-9-12(19-23-11)17(22)20-7-3-4-13(20)14-5-6-15(24-14)16(18)21/h5-6,9-10,13H,3-4,7-8H2,1-2H3,(H2,18,21). The number of nitrogens with two attached hydrogens (primary N) is 1. The highest BCUT2D eigenvalue weighted by molar-refractivity contribution is 7.14. The van der Waals surface area contributed by atoms with Crippen LogP contribution in [-0.4, -0.2) is 28.4 Å². The van der Waals surface area contributed by atoms with Gasteiger partial charge in [-0.1, -0.05) is 19.0 Å². The number of nitrogens with zero attached hydrogens (tertiary/aromatic N) is 2. The smallest absolute Gasteiger partial charge is 0.276 e. The second-order valence-corrected chi connectivity index (χ2v) is 7.61. The molecule has 3 heterocycles. The van der Waals surface area contributed by atoms with E-state index in [-0.39, 0.29) is 11.9 Å². The third kappa shape index (κ3) is 3.36. The molecule has 3 rings (SSSR count). The van der Waals surface area contributed by atoms with Crippen LogP contribution in [0.2, 0.25) is 0 Å². The number of carbonyl (C=O) groups excluding carboxylic acids is 2. The third-order valence-corrected chi connectivity index (χ3v) is 5.30. The molecule has 0 aromatic carbocycles. The highest BCUT2D eigenvalue weighted by atomic mass is 32.1. The normalized spacial score (nSPS) is 17.6. The first kappa shape index (κ1) is 16.7. The Bertz CT molecular complexity index is 750. The molecule has 1 saturated heterocycles. The molecule has 0 bridgehead atoms. The molecule has 1 fully saturated rings. The molecule has 2 aromatic rings. The van der Waals surface area contributed by atoms with Gasteiger partial charge in [-0.25, -0.2) is 0 Å². The van der Waals surface area contributed by atoms with Crippen LogP contribution in [0.15, 0.2) is 22.7 Å². The van der Waals surface area contributed by atoms with Gasteiger partial charge in [0.05, 0.1) is 10.9 Å². The van der Waals surface area contributed by atoms with Crippen LogP contribution in [0, 0.1) is 5.92 Å². The van der Waals surface area contributed by atoms with Crippen LogP contribution in [0.4, 0.5) is 0 Å². The third-order valence-electron chi connectivity index (χ3n) is 4.10. The van der Waals surface area contributed by atoms with Gasteiger partial charge in [0.25, 0.3) is 11.8 Å². The lowest BCUT2D eigenvalue weighted by Gasteiger charge is -2.22. The van der Waals surface area contributed by atoms with E-state index in [1.807, 2.05) is 11.0 Å². The van der Waals surface area contributed by atoms with Crippen molar-refractivity contribution in [2.75, 3.05) is 6.54 Å². The number of rotatable bonds is 5. The fourth-order valence-corrected chi connectivity index (χ4v) is 4.04. The van der Waals surface area contributed by atoms with E-state index in [4.69, 9.17) is 10.3 Å². The lowest BCUT2D eigenvalue weighted by Crippen LogP contribution is -2.30. The van der Waals surface area contributed by atoms with Gasteiger partial charge in [0.2, 0.25) is 0 Å². The van der Waals surface area contributed by atoms with Gasteiger partial charge in [-0.2, -0.15) is 0 Å². The Morgan fingerprint density at radius 2 is 2.25 bits per heavy atom. The molecule has 1 unspecified atom stereocenters. The monoisotopic (exact) mass is 347 g/mol. The molecule has 2 N–H and O–H groups in total. The van der Waals surface area contributed by atoms with E-state index in [0.717, 1.165) is 29.9 Å². The largest absolute Gasteiger partial charge is 0.365 e. The zero-order valence-electron chi connectivity index (χ0n) is 13.8.